The number of aromatic nitrogens is 2. The molecule has 19 heavy (non-hydrogen) atoms. The minimum atomic E-state index is 1.11. The summed E-state index contributed by atoms with van der Waals surface area (Å²) in [7, 11) is 0. The second kappa shape index (κ2) is 3.94. The molecule has 3 aromatic rings. The number of hydrogen-bond donors (Lipinski definition) is 0. The van der Waals surface area contributed by atoms with Crippen LogP contribution in [0.4, 0.5) is 0 Å². The van der Waals surface area contributed by atoms with E-state index in [0.717, 1.165) is 10.7 Å². The summed E-state index contributed by atoms with van der Waals surface area (Å²) in [6.45, 7) is 4.30. The lowest BCUT2D eigenvalue weighted by Gasteiger charge is -2.03. The van der Waals surface area contributed by atoms with Gasteiger partial charge in [-0.3, -0.25) is 4.40 Å². The Balaban J connectivity index is 1.89. The molecule has 0 atom stereocenters. The SMILES string of the molecule is Cc1ccc(-c2cn3c4c(sc3n2)CCC4)c(C)c1. The van der Waals surface area contributed by atoms with Crippen molar-refractivity contribution in [1.29, 1.82) is 0 Å². The molecular formula is C16H16N2S. The van der Waals surface area contributed by atoms with Crippen LogP contribution in [0.2, 0.25) is 0 Å². The Labute approximate surface area is 116 Å². The summed E-state index contributed by atoms with van der Waals surface area (Å²) in [5, 5.41) is 0. The van der Waals surface area contributed by atoms with Gasteiger partial charge in [0, 0.05) is 22.3 Å². The Morgan fingerprint density at radius 2 is 2.11 bits per heavy atom. The van der Waals surface area contributed by atoms with E-state index >= 15 is 0 Å². The highest BCUT2D eigenvalue weighted by atomic mass is 32.1. The Bertz CT molecular complexity index is 779. The Kier molecular flexibility index (Phi) is 2.33. The summed E-state index contributed by atoms with van der Waals surface area (Å²) in [6, 6.07) is 6.59. The average molecular weight is 268 g/mol. The lowest BCUT2D eigenvalue weighted by molar-refractivity contribution is 0.888. The first-order chi connectivity index (χ1) is 9.22. The zero-order valence-electron chi connectivity index (χ0n) is 11.2. The maximum atomic E-state index is 4.82. The molecule has 0 unspecified atom stereocenters. The number of thiazole rings is 1. The molecule has 0 saturated heterocycles. The standard InChI is InChI=1S/C16H16N2S/c1-10-6-7-12(11(2)8-10)13-9-18-14-4-3-5-15(14)19-16(18)17-13/h6-9H,3-5H2,1-2H3. The maximum Gasteiger partial charge on any atom is 0.194 e. The van der Waals surface area contributed by atoms with Gasteiger partial charge in [0.15, 0.2) is 4.96 Å². The van der Waals surface area contributed by atoms with E-state index in [9.17, 15) is 0 Å². The van der Waals surface area contributed by atoms with Gasteiger partial charge in [-0.05, 0) is 38.7 Å². The topological polar surface area (TPSA) is 17.3 Å². The second-order valence-corrected chi connectivity index (χ2v) is 6.48. The smallest absolute Gasteiger partial charge is 0.194 e. The molecule has 0 radical (unpaired) electrons. The molecule has 4 rings (SSSR count). The molecule has 0 saturated carbocycles. The molecule has 0 N–H and O–H groups in total. The van der Waals surface area contributed by atoms with Gasteiger partial charge in [0.2, 0.25) is 0 Å². The van der Waals surface area contributed by atoms with E-state index in [0.29, 0.717) is 0 Å². The van der Waals surface area contributed by atoms with Gasteiger partial charge in [0.1, 0.15) is 0 Å². The van der Waals surface area contributed by atoms with Crippen LogP contribution in [0.15, 0.2) is 24.4 Å². The first-order valence-corrected chi connectivity index (χ1v) is 7.61. The van der Waals surface area contributed by atoms with Gasteiger partial charge >= 0.3 is 0 Å². The van der Waals surface area contributed by atoms with Crippen molar-refractivity contribution in [1.82, 2.24) is 9.38 Å². The lowest BCUT2D eigenvalue weighted by Crippen LogP contribution is -1.86. The van der Waals surface area contributed by atoms with Crippen LogP contribution < -0.4 is 0 Å². The third-order valence-electron chi connectivity index (χ3n) is 3.98. The molecule has 0 spiro atoms. The van der Waals surface area contributed by atoms with E-state index in [4.69, 9.17) is 4.98 Å². The van der Waals surface area contributed by atoms with Crippen LogP contribution in [0.1, 0.15) is 28.1 Å². The van der Waals surface area contributed by atoms with Gasteiger partial charge in [0.25, 0.3) is 0 Å². The molecule has 2 aromatic heterocycles. The van der Waals surface area contributed by atoms with E-state index in [1.165, 1.54) is 46.5 Å². The molecule has 1 aliphatic carbocycles. The lowest BCUT2D eigenvalue weighted by atomic mass is 10.0. The zero-order chi connectivity index (χ0) is 13.0. The van der Waals surface area contributed by atoms with Crippen LogP contribution in [0.25, 0.3) is 16.2 Å². The molecule has 3 heteroatoms. The molecular weight excluding hydrogens is 252 g/mol. The van der Waals surface area contributed by atoms with E-state index in [2.05, 4.69) is 42.6 Å². The molecule has 1 aromatic carbocycles. The average Bonchev–Trinajstić information content (AvgIpc) is 2.99. The fourth-order valence-electron chi connectivity index (χ4n) is 3.03. The van der Waals surface area contributed by atoms with Crippen LogP contribution >= 0.6 is 11.3 Å². The molecule has 0 bridgehead atoms. The quantitative estimate of drug-likeness (QED) is 0.647. The largest absolute Gasteiger partial charge is 0.294 e. The van der Waals surface area contributed by atoms with Crippen LogP contribution in [-0.2, 0) is 12.8 Å². The summed E-state index contributed by atoms with van der Waals surface area (Å²) in [6.07, 6.45) is 5.96. The fraction of sp³-hybridized carbons (Fsp3) is 0.312. The molecule has 0 aliphatic heterocycles. The highest BCUT2D eigenvalue weighted by Crippen LogP contribution is 2.33. The third-order valence-corrected chi connectivity index (χ3v) is 5.13. The number of hydrogen-bond acceptors (Lipinski definition) is 2. The van der Waals surface area contributed by atoms with E-state index in [-0.39, 0.29) is 0 Å². The van der Waals surface area contributed by atoms with E-state index < -0.39 is 0 Å². The van der Waals surface area contributed by atoms with Crippen LogP contribution in [0, 0.1) is 13.8 Å². The summed E-state index contributed by atoms with van der Waals surface area (Å²) in [5.74, 6) is 0. The van der Waals surface area contributed by atoms with Crippen molar-refractivity contribution in [2.45, 2.75) is 33.1 Å². The number of fused-ring (bicyclic) bond motifs is 3. The minimum absolute atomic E-state index is 1.11. The van der Waals surface area contributed by atoms with Crippen LogP contribution in [-0.4, -0.2) is 9.38 Å². The van der Waals surface area contributed by atoms with Gasteiger partial charge in [-0.2, -0.15) is 0 Å². The predicted molar refractivity (Wildman–Crippen MR) is 80.0 cm³/mol. The van der Waals surface area contributed by atoms with Crippen molar-refractivity contribution in [2.75, 3.05) is 0 Å². The van der Waals surface area contributed by atoms with Crippen molar-refractivity contribution in [3.05, 3.63) is 46.1 Å². The van der Waals surface area contributed by atoms with Gasteiger partial charge in [0.05, 0.1) is 5.69 Å². The van der Waals surface area contributed by atoms with E-state index in [1.54, 1.807) is 0 Å². The van der Waals surface area contributed by atoms with Gasteiger partial charge in [-0.1, -0.05) is 23.8 Å². The second-order valence-electron chi connectivity index (χ2n) is 5.42. The number of nitrogens with zero attached hydrogens (tertiary/aromatic N) is 2. The summed E-state index contributed by atoms with van der Waals surface area (Å²) >= 11 is 1.86. The van der Waals surface area contributed by atoms with Crippen molar-refractivity contribution < 1.29 is 0 Å². The molecule has 2 nitrogen and oxygen atoms in total. The van der Waals surface area contributed by atoms with Gasteiger partial charge in [-0.25, -0.2) is 4.98 Å². The molecule has 0 fully saturated rings. The summed E-state index contributed by atoms with van der Waals surface area (Å²) in [4.78, 5) is 7.51. The van der Waals surface area contributed by atoms with Crippen LogP contribution in [0.3, 0.4) is 0 Å². The fourth-order valence-corrected chi connectivity index (χ4v) is 4.22. The minimum Gasteiger partial charge on any atom is -0.294 e. The normalized spacial score (nSPS) is 14.2. The van der Waals surface area contributed by atoms with Gasteiger partial charge < -0.3 is 0 Å². The van der Waals surface area contributed by atoms with Gasteiger partial charge in [-0.15, -0.1) is 11.3 Å². The van der Waals surface area contributed by atoms with Crippen molar-refractivity contribution >= 4 is 16.3 Å². The first-order valence-electron chi connectivity index (χ1n) is 6.79. The predicted octanol–water partition coefficient (Wildman–Crippen LogP) is 4.17. The molecule has 96 valence electrons. The molecule has 2 heterocycles. The number of benzene rings is 1. The van der Waals surface area contributed by atoms with Crippen LogP contribution in [0.5, 0.6) is 0 Å². The Morgan fingerprint density at radius 1 is 1.21 bits per heavy atom. The Hall–Kier alpha value is -1.61. The zero-order valence-corrected chi connectivity index (χ0v) is 12.0. The highest BCUT2D eigenvalue weighted by Gasteiger charge is 2.19. The first kappa shape index (κ1) is 11.2. The number of rotatable bonds is 1. The molecule has 0 amide bonds. The third kappa shape index (κ3) is 1.65. The summed E-state index contributed by atoms with van der Waals surface area (Å²) in [5.41, 5.74) is 6.47. The van der Waals surface area contributed by atoms with E-state index in [1.807, 2.05) is 11.3 Å². The maximum absolute atomic E-state index is 4.82. The summed E-state index contributed by atoms with van der Waals surface area (Å²) < 4.78 is 2.31. The molecule has 1 aliphatic rings. The highest BCUT2D eigenvalue weighted by molar-refractivity contribution is 7.17. The number of imidazole rings is 1. The van der Waals surface area contributed by atoms with Crippen molar-refractivity contribution in [2.24, 2.45) is 0 Å². The monoisotopic (exact) mass is 268 g/mol. The number of aryl methyl sites for hydroxylation is 4. The van der Waals surface area contributed by atoms with Crippen molar-refractivity contribution in [3.8, 4) is 11.3 Å². The Morgan fingerprint density at radius 3 is 2.95 bits per heavy atom. The van der Waals surface area contributed by atoms with Crippen molar-refractivity contribution in [3.63, 3.8) is 0 Å².